The summed E-state index contributed by atoms with van der Waals surface area (Å²) in [5, 5.41) is 15.7. The van der Waals surface area contributed by atoms with E-state index in [4.69, 9.17) is 11.6 Å². The molecule has 2 atom stereocenters. The Morgan fingerprint density at radius 2 is 1.88 bits per heavy atom. The molecule has 3 rings (SSSR count). The van der Waals surface area contributed by atoms with Crippen LogP contribution in [0.5, 0.6) is 0 Å². The van der Waals surface area contributed by atoms with E-state index >= 15 is 0 Å². The standard InChI is InChI=1S/C21H25ClN6O2S2/c1-6-28-17(12(3)23-19(30)15-7-9-16(22)10-8-15)26-27-21(28)32-14(5)18(29)25-20-24-11(2)13(4)31-20/h7-10,12,14H,6H2,1-5H3,(H,23,30)(H,24,25,29). The normalized spacial score (nSPS) is 12.9. The topological polar surface area (TPSA) is 102 Å². The zero-order valence-electron chi connectivity index (χ0n) is 18.5. The number of halogens is 1. The predicted octanol–water partition coefficient (Wildman–Crippen LogP) is 4.64. The van der Waals surface area contributed by atoms with Gasteiger partial charge in [0, 0.05) is 22.0 Å². The third kappa shape index (κ3) is 5.67. The number of benzene rings is 1. The number of thiazole rings is 1. The Bertz CT molecular complexity index is 1090. The minimum atomic E-state index is -0.402. The Morgan fingerprint density at radius 1 is 1.19 bits per heavy atom. The minimum absolute atomic E-state index is 0.153. The Balaban J connectivity index is 1.67. The summed E-state index contributed by atoms with van der Waals surface area (Å²) in [6, 6.07) is 6.31. The molecule has 0 aliphatic carbocycles. The van der Waals surface area contributed by atoms with Crippen molar-refractivity contribution in [3.05, 3.63) is 51.2 Å². The first-order valence-electron chi connectivity index (χ1n) is 10.1. The first kappa shape index (κ1) is 24.2. The summed E-state index contributed by atoms with van der Waals surface area (Å²) >= 11 is 8.66. The zero-order chi connectivity index (χ0) is 23.4. The zero-order valence-corrected chi connectivity index (χ0v) is 20.9. The van der Waals surface area contributed by atoms with E-state index in [1.165, 1.54) is 23.1 Å². The number of aryl methyl sites for hydroxylation is 2. The highest BCUT2D eigenvalue weighted by Gasteiger charge is 2.23. The number of nitrogens with one attached hydrogen (secondary N) is 2. The molecule has 32 heavy (non-hydrogen) atoms. The first-order valence-corrected chi connectivity index (χ1v) is 12.2. The molecule has 0 aliphatic heterocycles. The van der Waals surface area contributed by atoms with Gasteiger partial charge in [0.2, 0.25) is 5.91 Å². The fourth-order valence-corrected chi connectivity index (χ4v) is 4.76. The summed E-state index contributed by atoms with van der Waals surface area (Å²) in [6.07, 6.45) is 0. The lowest BCUT2D eigenvalue weighted by Crippen LogP contribution is -2.29. The van der Waals surface area contributed by atoms with Gasteiger partial charge in [0.25, 0.3) is 5.91 Å². The Hall–Kier alpha value is -2.43. The molecule has 2 amide bonds. The van der Waals surface area contributed by atoms with Crippen LogP contribution >= 0.6 is 34.7 Å². The molecule has 170 valence electrons. The highest BCUT2D eigenvalue weighted by molar-refractivity contribution is 8.00. The number of carbonyl (C=O) groups is 2. The predicted molar refractivity (Wildman–Crippen MR) is 129 cm³/mol. The van der Waals surface area contributed by atoms with E-state index in [2.05, 4.69) is 25.8 Å². The van der Waals surface area contributed by atoms with E-state index in [0.717, 1.165) is 10.6 Å². The lowest BCUT2D eigenvalue weighted by atomic mass is 10.2. The van der Waals surface area contributed by atoms with E-state index in [1.54, 1.807) is 24.3 Å². The molecule has 3 aromatic rings. The van der Waals surface area contributed by atoms with Gasteiger partial charge >= 0.3 is 0 Å². The fourth-order valence-electron chi connectivity index (χ4n) is 2.90. The van der Waals surface area contributed by atoms with E-state index in [1.807, 2.05) is 39.2 Å². The molecule has 2 N–H and O–H groups in total. The van der Waals surface area contributed by atoms with Gasteiger partial charge in [0.1, 0.15) is 0 Å². The average molecular weight is 493 g/mol. The molecule has 0 bridgehead atoms. The average Bonchev–Trinajstić information content (AvgIpc) is 3.30. The molecule has 2 aromatic heterocycles. The summed E-state index contributed by atoms with van der Waals surface area (Å²) < 4.78 is 1.90. The SMILES string of the molecule is CCn1c(SC(C)C(=O)Nc2nc(C)c(C)s2)nnc1C(C)NC(=O)c1ccc(Cl)cc1. The van der Waals surface area contributed by atoms with Crippen LogP contribution in [-0.2, 0) is 11.3 Å². The van der Waals surface area contributed by atoms with Crippen molar-refractivity contribution in [2.45, 2.75) is 57.6 Å². The van der Waals surface area contributed by atoms with Crippen LogP contribution in [0.3, 0.4) is 0 Å². The van der Waals surface area contributed by atoms with Crippen LogP contribution in [0.25, 0.3) is 0 Å². The second kappa shape index (κ2) is 10.5. The highest BCUT2D eigenvalue weighted by Crippen LogP contribution is 2.27. The second-order valence-corrected chi connectivity index (χ2v) is 10.1. The summed E-state index contributed by atoms with van der Waals surface area (Å²) in [4.78, 5) is 30.6. The van der Waals surface area contributed by atoms with Gasteiger partial charge in [-0.2, -0.15) is 0 Å². The van der Waals surface area contributed by atoms with Gasteiger partial charge in [-0.3, -0.25) is 9.59 Å². The Morgan fingerprint density at radius 3 is 2.47 bits per heavy atom. The van der Waals surface area contributed by atoms with Gasteiger partial charge in [-0.15, -0.1) is 21.5 Å². The quantitative estimate of drug-likeness (QED) is 0.444. The molecule has 8 nitrogen and oxygen atoms in total. The van der Waals surface area contributed by atoms with Crippen molar-refractivity contribution in [3.8, 4) is 0 Å². The molecule has 1 aromatic carbocycles. The van der Waals surface area contributed by atoms with Crippen LogP contribution in [0.4, 0.5) is 5.13 Å². The number of aromatic nitrogens is 4. The van der Waals surface area contributed by atoms with Crippen molar-refractivity contribution in [2.75, 3.05) is 5.32 Å². The smallest absolute Gasteiger partial charge is 0.251 e. The van der Waals surface area contributed by atoms with Crippen molar-refractivity contribution in [1.29, 1.82) is 0 Å². The summed E-state index contributed by atoms with van der Waals surface area (Å²) in [7, 11) is 0. The number of nitrogens with zero attached hydrogens (tertiary/aromatic N) is 4. The van der Waals surface area contributed by atoms with Crippen LogP contribution in [0, 0.1) is 13.8 Å². The maximum Gasteiger partial charge on any atom is 0.251 e. The van der Waals surface area contributed by atoms with Gasteiger partial charge < -0.3 is 15.2 Å². The van der Waals surface area contributed by atoms with E-state index < -0.39 is 5.25 Å². The molecular weight excluding hydrogens is 468 g/mol. The highest BCUT2D eigenvalue weighted by atomic mass is 35.5. The molecule has 2 heterocycles. The molecule has 0 aliphatic rings. The fraction of sp³-hybridized carbons (Fsp3) is 0.381. The van der Waals surface area contributed by atoms with E-state index in [9.17, 15) is 9.59 Å². The maximum atomic E-state index is 12.6. The van der Waals surface area contributed by atoms with Crippen molar-refractivity contribution < 1.29 is 9.59 Å². The molecule has 2 unspecified atom stereocenters. The van der Waals surface area contributed by atoms with Crippen molar-refractivity contribution in [2.24, 2.45) is 0 Å². The number of rotatable bonds is 8. The summed E-state index contributed by atoms with van der Waals surface area (Å²) in [5.41, 5.74) is 1.42. The monoisotopic (exact) mass is 492 g/mol. The first-order chi connectivity index (χ1) is 15.2. The van der Waals surface area contributed by atoms with E-state index in [-0.39, 0.29) is 17.9 Å². The van der Waals surface area contributed by atoms with Crippen LogP contribution in [-0.4, -0.2) is 36.8 Å². The molecule has 0 spiro atoms. The third-order valence-electron chi connectivity index (χ3n) is 4.81. The lowest BCUT2D eigenvalue weighted by molar-refractivity contribution is -0.115. The number of anilines is 1. The number of amides is 2. The molecule has 0 radical (unpaired) electrons. The molecule has 0 saturated carbocycles. The van der Waals surface area contributed by atoms with Gasteiger partial charge in [0.05, 0.1) is 17.0 Å². The molecular formula is C21H25ClN6O2S2. The third-order valence-corrected chi connectivity index (χ3v) is 7.13. The van der Waals surface area contributed by atoms with Crippen molar-refractivity contribution >= 4 is 51.6 Å². The molecule has 11 heteroatoms. The maximum absolute atomic E-state index is 12.6. The molecule has 0 fully saturated rings. The lowest BCUT2D eigenvalue weighted by Gasteiger charge is -2.16. The van der Waals surface area contributed by atoms with Gasteiger partial charge in [-0.1, -0.05) is 23.4 Å². The minimum Gasteiger partial charge on any atom is -0.342 e. The van der Waals surface area contributed by atoms with E-state index in [0.29, 0.717) is 33.2 Å². The van der Waals surface area contributed by atoms with Gasteiger partial charge in [0.15, 0.2) is 16.1 Å². The van der Waals surface area contributed by atoms with Crippen LogP contribution in [0.2, 0.25) is 5.02 Å². The van der Waals surface area contributed by atoms with Crippen molar-refractivity contribution in [1.82, 2.24) is 25.1 Å². The van der Waals surface area contributed by atoms with Crippen LogP contribution in [0.1, 0.15) is 53.6 Å². The van der Waals surface area contributed by atoms with Gasteiger partial charge in [-0.05, 0) is 58.9 Å². The number of hydrogen-bond donors (Lipinski definition) is 2. The summed E-state index contributed by atoms with van der Waals surface area (Å²) in [5.74, 6) is 0.243. The van der Waals surface area contributed by atoms with Gasteiger partial charge in [-0.25, -0.2) is 4.98 Å². The number of hydrogen-bond acceptors (Lipinski definition) is 7. The van der Waals surface area contributed by atoms with Crippen LogP contribution < -0.4 is 10.6 Å². The Kier molecular flexibility index (Phi) is 7.91. The second-order valence-electron chi connectivity index (χ2n) is 7.20. The summed E-state index contributed by atoms with van der Waals surface area (Å²) in [6.45, 7) is 10.1. The number of carbonyl (C=O) groups excluding carboxylic acids is 2. The number of thioether (sulfide) groups is 1. The Labute approximate surface area is 200 Å². The largest absolute Gasteiger partial charge is 0.342 e. The van der Waals surface area contributed by atoms with Crippen molar-refractivity contribution in [3.63, 3.8) is 0 Å². The van der Waals surface area contributed by atoms with Crippen LogP contribution in [0.15, 0.2) is 29.4 Å². The molecule has 0 saturated heterocycles.